The molecule has 0 saturated heterocycles. The summed E-state index contributed by atoms with van der Waals surface area (Å²) in [6.07, 6.45) is 0. The first-order chi connectivity index (χ1) is 8.36. The number of hydrogen-bond donors (Lipinski definition) is 1. The largest absolute Gasteiger partial charge is 0.259 e. The van der Waals surface area contributed by atoms with Gasteiger partial charge in [0.2, 0.25) is 0 Å². The number of thioether (sulfide) groups is 1. The zero-order valence-corrected chi connectivity index (χ0v) is 10.2. The highest BCUT2D eigenvalue weighted by atomic mass is 32.2. The Hall–Kier alpha value is -1.75. The second-order valence-corrected chi connectivity index (χ2v) is 4.91. The molecule has 0 aliphatic heterocycles. The van der Waals surface area contributed by atoms with Crippen molar-refractivity contribution < 1.29 is 0 Å². The van der Waals surface area contributed by atoms with Crippen LogP contribution in [0, 0.1) is 0 Å². The molecule has 4 nitrogen and oxygen atoms in total. The van der Waals surface area contributed by atoms with Crippen molar-refractivity contribution in [1.29, 1.82) is 0 Å². The minimum atomic E-state index is 0.848. The lowest BCUT2D eigenvalue weighted by molar-refractivity contribution is 0.788. The van der Waals surface area contributed by atoms with E-state index in [2.05, 4.69) is 22.1 Å². The monoisotopic (exact) mass is 244 g/mol. The van der Waals surface area contributed by atoms with Gasteiger partial charge in [0.05, 0.1) is 0 Å². The van der Waals surface area contributed by atoms with Gasteiger partial charge in [0.25, 0.3) is 0 Å². The second kappa shape index (κ2) is 4.25. The summed E-state index contributed by atoms with van der Waals surface area (Å²) < 4.78 is 1.72. The topological polar surface area (TPSA) is 46.0 Å². The van der Waals surface area contributed by atoms with Crippen LogP contribution in [-0.2, 0) is 0 Å². The highest BCUT2D eigenvalue weighted by molar-refractivity contribution is 7.99. The molecular formula is C12H12N4S. The first-order valence-corrected chi connectivity index (χ1v) is 6.49. The fourth-order valence-corrected chi connectivity index (χ4v) is 2.32. The maximum atomic E-state index is 4.52. The van der Waals surface area contributed by atoms with Gasteiger partial charge in [-0.2, -0.15) is 4.63 Å². The highest BCUT2D eigenvalue weighted by Crippen LogP contribution is 2.20. The molecule has 0 amide bonds. The van der Waals surface area contributed by atoms with Crippen LogP contribution in [0.5, 0.6) is 0 Å². The summed E-state index contributed by atoms with van der Waals surface area (Å²) in [7, 11) is 0. The molecule has 0 aliphatic carbocycles. The zero-order chi connectivity index (χ0) is 11.7. The molecule has 1 aromatic carbocycles. The lowest BCUT2D eigenvalue weighted by Gasteiger charge is -1.93. The van der Waals surface area contributed by atoms with Crippen molar-refractivity contribution in [2.75, 3.05) is 5.75 Å². The van der Waals surface area contributed by atoms with Gasteiger partial charge in [0, 0.05) is 11.6 Å². The quantitative estimate of drug-likeness (QED) is 0.721. The normalized spacial score (nSPS) is 11.1. The maximum Gasteiger partial charge on any atom is 0.177 e. The molecule has 0 aliphatic rings. The van der Waals surface area contributed by atoms with E-state index < -0.39 is 0 Å². The van der Waals surface area contributed by atoms with Gasteiger partial charge in [0.1, 0.15) is 5.03 Å². The molecule has 2 heterocycles. The van der Waals surface area contributed by atoms with E-state index >= 15 is 0 Å². The first kappa shape index (κ1) is 10.4. The van der Waals surface area contributed by atoms with E-state index in [1.807, 2.05) is 36.4 Å². The first-order valence-electron chi connectivity index (χ1n) is 5.51. The molecule has 3 aromatic rings. The van der Waals surface area contributed by atoms with Gasteiger partial charge in [0.15, 0.2) is 11.5 Å². The summed E-state index contributed by atoms with van der Waals surface area (Å²) in [6.45, 7) is 2.11. The molecule has 0 saturated carbocycles. The highest BCUT2D eigenvalue weighted by Gasteiger charge is 2.07. The summed E-state index contributed by atoms with van der Waals surface area (Å²) >= 11 is 1.72. The molecule has 0 unspecified atom stereocenters. The van der Waals surface area contributed by atoms with Crippen molar-refractivity contribution >= 4 is 17.4 Å². The molecule has 2 aromatic heterocycles. The zero-order valence-electron chi connectivity index (χ0n) is 9.42. The molecule has 1 N–H and O–H groups in total. The van der Waals surface area contributed by atoms with E-state index in [0.29, 0.717) is 0 Å². The Bertz CT molecular complexity index is 595. The fraction of sp³-hybridized carbons (Fsp3) is 0.167. The smallest absolute Gasteiger partial charge is 0.177 e. The molecule has 0 fully saturated rings. The van der Waals surface area contributed by atoms with Crippen molar-refractivity contribution in [2.45, 2.75) is 11.9 Å². The number of aromatic amines is 1. The summed E-state index contributed by atoms with van der Waals surface area (Å²) in [5, 5.41) is 8.59. The van der Waals surface area contributed by atoms with E-state index in [1.165, 1.54) is 0 Å². The predicted molar refractivity (Wildman–Crippen MR) is 69.2 cm³/mol. The number of nitrogens with zero attached hydrogens (tertiary/aromatic N) is 3. The number of nitrogens with one attached hydrogen (secondary N) is 1. The van der Waals surface area contributed by atoms with Crippen LogP contribution in [0.1, 0.15) is 6.92 Å². The van der Waals surface area contributed by atoms with Gasteiger partial charge < -0.3 is 0 Å². The van der Waals surface area contributed by atoms with Gasteiger partial charge >= 0.3 is 0 Å². The van der Waals surface area contributed by atoms with Crippen LogP contribution in [0.15, 0.2) is 41.4 Å². The second-order valence-electron chi connectivity index (χ2n) is 3.62. The number of benzene rings is 1. The Morgan fingerprint density at radius 3 is 2.82 bits per heavy atom. The SMILES string of the molecule is CCSc1cc2nc(-c3ccccc3)[nH]n2n1. The van der Waals surface area contributed by atoms with Gasteiger partial charge in [-0.15, -0.1) is 16.9 Å². The van der Waals surface area contributed by atoms with Crippen LogP contribution in [-0.4, -0.2) is 25.6 Å². The molecule has 5 heteroatoms. The minimum Gasteiger partial charge on any atom is -0.259 e. The van der Waals surface area contributed by atoms with Crippen LogP contribution < -0.4 is 0 Å². The molecule has 0 radical (unpaired) electrons. The minimum absolute atomic E-state index is 0.848. The third-order valence-corrected chi connectivity index (χ3v) is 3.23. The molecule has 86 valence electrons. The fourth-order valence-electron chi connectivity index (χ4n) is 1.70. The Morgan fingerprint density at radius 1 is 1.29 bits per heavy atom. The molecule has 17 heavy (non-hydrogen) atoms. The third-order valence-electron chi connectivity index (χ3n) is 2.45. The van der Waals surface area contributed by atoms with Crippen molar-refractivity contribution in [2.24, 2.45) is 0 Å². The standard InChI is InChI=1S/C12H12N4S/c1-2-17-11-8-10-13-12(15-16(10)14-11)9-6-4-3-5-7-9/h3-8H,2H2,1H3,(H,13,15). The van der Waals surface area contributed by atoms with Gasteiger partial charge in [-0.05, 0) is 5.75 Å². The number of aromatic nitrogens is 4. The predicted octanol–water partition coefficient (Wildman–Crippen LogP) is 2.84. The Morgan fingerprint density at radius 2 is 2.12 bits per heavy atom. The van der Waals surface area contributed by atoms with Crippen LogP contribution in [0.4, 0.5) is 0 Å². The summed E-state index contributed by atoms with van der Waals surface area (Å²) in [5.41, 5.74) is 1.93. The van der Waals surface area contributed by atoms with Crippen molar-refractivity contribution in [1.82, 2.24) is 19.8 Å². The van der Waals surface area contributed by atoms with Crippen LogP contribution in [0.3, 0.4) is 0 Å². The Kier molecular flexibility index (Phi) is 2.60. The van der Waals surface area contributed by atoms with Gasteiger partial charge in [-0.1, -0.05) is 37.3 Å². The molecule has 3 rings (SSSR count). The number of H-pyrrole nitrogens is 1. The lowest BCUT2D eigenvalue weighted by Crippen LogP contribution is -1.88. The van der Waals surface area contributed by atoms with Gasteiger partial charge in [-0.3, -0.25) is 5.10 Å². The maximum absolute atomic E-state index is 4.52. The average molecular weight is 244 g/mol. The number of hydrogen-bond acceptors (Lipinski definition) is 3. The lowest BCUT2D eigenvalue weighted by atomic mass is 10.2. The van der Waals surface area contributed by atoms with Crippen LogP contribution in [0.2, 0.25) is 0 Å². The van der Waals surface area contributed by atoms with E-state index in [9.17, 15) is 0 Å². The third kappa shape index (κ3) is 1.93. The van der Waals surface area contributed by atoms with Crippen LogP contribution in [0.25, 0.3) is 17.0 Å². The Labute approximate surface area is 103 Å². The van der Waals surface area contributed by atoms with Crippen LogP contribution >= 0.6 is 11.8 Å². The number of fused-ring (bicyclic) bond motifs is 1. The molecule has 0 atom stereocenters. The summed E-state index contributed by atoms with van der Waals surface area (Å²) in [6, 6.07) is 12.0. The number of rotatable bonds is 3. The van der Waals surface area contributed by atoms with E-state index in [1.54, 1.807) is 16.4 Å². The molecular weight excluding hydrogens is 232 g/mol. The van der Waals surface area contributed by atoms with E-state index in [0.717, 1.165) is 27.8 Å². The van der Waals surface area contributed by atoms with Crippen molar-refractivity contribution in [3.05, 3.63) is 36.4 Å². The molecule has 0 bridgehead atoms. The molecule has 0 spiro atoms. The van der Waals surface area contributed by atoms with Crippen molar-refractivity contribution in [3.63, 3.8) is 0 Å². The summed E-state index contributed by atoms with van der Waals surface area (Å²) in [4.78, 5) is 4.52. The van der Waals surface area contributed by atoms with E-state index in [-0.39, 0.29) is 0 Å². The van der Waals surface area contributed by atoms with Crippen molar-refractivity contribution in [3.8, 4) is 11.4 Å². The van der Waals surface area contributed by atoms with E-state index in [4.69, 9.17) is 0 Å². The van der Waals surface area contributed by atoms with Gasteiger partial charge in [-0.25, -0.2) is 4.98 Å². The Balaban J connectivity index is 2.01. The average Bonchev–Trinajstić information content (AvgIpc) is 2.88. The summed E-state index contributed by atoms with van der Waals surface area (Å²) in [5.74, 6) is 1.87.